The first kappa shape index (κ1) is 10.2. The molecular formula is C14H10N2S. The van der Waals surface area contributed by atoms with E-state index in [2.05, 4.69) is 22.1 Å². The Morgan fingerprint density at radius 2 is 1.65 bits per heavy atom. The second kappa shape index (κ2) is 4.47. The van der Waals surface area contributed by atoms with Gasteiger partial charge in [-0.05, 0) is 12.1 Å². The fraction of sp³-hybridized carbons (Fsp3) is 0. The second-order valence-corrected chi connectivity index (χ2v) is 4.51. The zero-order valence-corrected chi connectivity index (χ0v) is 9.89. The van der Waals surface area contributed by atoms with Crippen LogP contribution in [0.2, 0.25) is 0 Å². The molecule has 0 spiro atoms. The number of nitrogens with zero attached hydrogens (tertiary/aromatic N) is 2. The van der Waals surface area contributed by atoms with E-state index in [1.165, 1.54) is 0 Å². The Kier molecular flexibility index (Phi) is 2.68. The minimum absolute atomic E-state index is 0.932. The summed E-state index contributed by atoms with van der Waals surface area (Å²) in [7, 11) is 0. The van der Waals surface area contributed by atoms with Crippen LogP contribution >= 0.6 is 11.3 Å². The molecular weight excluding hydrogens is 228 g/mol. The van der Waals surface area contributed by atoms with Crippen LogP contribution in [0.3, 0.4) is 0 Å². The molecule has 1 aromatic carbocycles. The topological polar surface area (TPSA) is 25.8 Å². The largest absolute Gasteiger partial charge is 0.245 e. The molecule has 0 aliphatic rings. The number of hydrogen-bond acceptors (Lipinski definition) is 3. The molecule has 82 valence electrons. The van der Waals surface area contributed by atoms with Crippen molar-refractivity contribution in [3.8, 4) is 22.0 Å². The molecule has 0 unspecified atom stereocenters. The summed E-state index contributed by atoms with van der Waals surface area (Å²) >= 11 is 1.61. The highest BCUT2D eigenvalue weighted by Crippen LogP contribution is 2.23. The SMILES string of the molecule is c1ccc(-c2cccc(-c3nccs3)n2)cc1. The Bertz CT molecular complexity index is 603. The van der Waals surface area contributed by atoms with Crippen molar-refractivity contribution in [2.45, 2.75) is 0 Å². The van der Waals surface area contributed by atoms with Gasteiger partial charge in [-0.15, -0.1) is 11.3 Å². The van der Waals surface area contributed by atoms with Gasteiger partial charge in [0.25, 0.3) is 0 Å². The first-order valence-corrected chi connectivity index (χ1v) is 6.24. The Morgan fingerprint density at radius 3 is 2.41 bits per heavy atom. The van der Waals surface area contributed by atoms with Crippen molar-refractivity contribution >= 4 is 11.3 Å². The number of thiazole rings is 1. The molecule has 0 radical (unpaired) electrons. The van der Waals surface area contributed by atoms with Gasteiger partial charge in [0.1, 0.15) is 5.01 Å². The lowest BCUT2D eigenvalue weighted by molar-refractivity contribution is 1.29. The molecule has 0 N–H and O–H groups in total. The maximum Gasteiger partial charge on any atom is 0.141 e. The van der Waals surface area contributed by atoms with Gasteiger partial charge in [0.2, 0.25) is 0 Å². The Labute approximate surface area is 104 Å². The third kappa shape index (κ3) is 2.10. The first-order valence-electron chi connectivity index (χ1n) is 5.36. The summed E-state index contributed by atoms with van der Waals surface area (Å²) in [5, 5.41) is 2.93. The summed E-state index contributed by atoms with van der Waals surface area (Å²) in [6, 6.07) is 16.2. The molecule has 0 bridgehead atoms. The van der Waals surface area contributed by atoms with Gasteiger partial charge in [-0.25, -0.2) is 9.97 Å². The minimum atomic E-state index is 0.932. The highest BCUT2D eigenvalue weighted by atomic mass is 32.1. The monoisotopic (exact) mass is 238 g/mol. The smallest absolute Gasteiger partial charge is 0.141 e. The number of aromatic nitrogens is 2. The van der Waals surface area contributed by atoms with Gasteiger partial charge < -0.3 is 0 Å². The van der Waals surface area contributed by atoms with E-state index < -0.39 is 0 Å². The van der Waals surface area contributed by atoms with Crippen molar-refractivity contribution in [3.63, 3.8) is 0 Å². The number of benzene rings is 1. The van der Waals surface area contributed by atoms with Gasteiger partial charge >= 0.3 is 0 Å². The zero-order chi connectivity index (χ0) is 11.5. The Morgan fingerprint density at radius 1 is 0.824 bits per heavy atom. The normalized spacial score (nSPS) is 10.4. The third-order valence-corrected chi connectivity index (χ3v) is 3.27. The predicted molar refractivity (Wildman–Crippen MR) is 70.8 cm³/mol. The number of hydrogen-bond donors (Lipinski definition) is 0. The first-order chi connectivity index (χ1) is 8.43. The Balaban J connectivity index is 2.06. The predicted octanol–water partition coefficient (Wildman–Crippen LogP) is 3.87. The standard InChI is InChI=1S/C14H10N2S/c1-2-5-11(6-3-1)12-7-4-8-13(16-12)14-15-9-10-17-14/h1-10H. The summed E-state index contributed by atoms with van der Waals surface area (Å²) in [6.07, 6.45) is 1.80. The second-order valence-electron chi connectivity index (χ2n) is 3.61. The van der Waals surface area contributed by atoms with Crippen LogP contribution in [-0.4, -0.2) is 9.97 Å². The minimum Gasteiger partial charge on any atom is -0.245 e. The van der Waals surface area contributed by atoms with E-state index in [9.17, 15) is 0 Å². The molecule has 0 saturated carbocycles. The van der Waals surface area contributed by atoms with Gasteiger partial charge in [-0.2, -0.15) is 0 Å². The number of pyridine rings is 1. The molecule has 0 amide bonds. The molecule has 0 atom stereocenters. The maximum atomic E-state index is 4.63. The van der Waals surface area contributed by atoms with Crippen molar-refractivity contribution in [2.75, 3.05) is 0 Å². The van der Waals surface area contributed by atoms with Gasteiger partial charge in [-0.3, -0.25) is 0 Å². The molecule has 3 aromatic rings. The molecule has 2 heterocycles. The van der Waals surface area contributed by atoms with Crippen molar-refractivity contribution in [1.29, 1.82) is 0 Å². The van der Waals surface area contributed by atoms with Crippen LogP contribution < -0.4 is 0 Å². The summed E-state index contributed by atoms with van der Waals surface area (Å²) in [4.78, 5) is 8.91. The quantitative estimate of drug-likeness (QED) is 0.677. The molecule has 0 saturated heterocycles. The van der Waals surface area contributed by atoms with E-state index in [1.807, 2.05) is 41.8 Å². The molecule has 2 nitrogen and oxygen atoms in total. The summed E-state index contributed by atoms with van der Waals surface area (Å²) in [5.74, 6) is 0. The molecule has 2 aromatic heterocycles. The molecule has 0 fully saturated rings. The van der Waals surface area contributed by atoms with E-state index in [-0.39, 0.29) is 0 Å². The molecule has 0 aliphatic heterocycles. The summed E-state index contributed by atoms with van der Waals surface area (Å²) in [6.45, 7) is 0. The third-order valence-electron chi connectivity index (χ3n) is 2.47. The fourth-order valence-corrected chi connectivity index (χ4v) is 2.28. The van der Waals surface area contributed by atoms with Crippen LogP contribution in [0.4, 0.5) is 0 Å². The number of rotatable bonds is 2. The highest BCUT2D eigenvalue weighted by molar-refractivity contribution is 7.13. The van der Waals surface area contributed by atoms with E-state index in [4.69, 9.17) is 0 Å². The van der Waals surface area contributed by atoms with E-state index >= 15 is 0 Å². The average Bonchev–Trinajstić information content (AvgIpc) is 2.94. The fourth-order valence-electron chi connectivity index (χ4n) is 1.67. The summed E-state index contributed by atoms with van der Waals surface area (Å²) < 4.78 is 0. The van der Waals surface area contributed by atoms with Crippen molar-refractivity contribution in [3.05, 3.63) is 60.1 Å². The average molecular weight is 238 g/mol. The van der Waals surface area contributed by atoms with Crippen molar-refractivity contribution in [1.82, 2.24) is 9.97 Å². The van der Waals surface area contributed by atoms with Gasteiger partial charge in [0.15, 0.2) is 0 Å². The van der Waals surface area contributed by atoms with Gasteiger partial charge in [0, 0.05) is 17.1 Å². The van der Waals surface area contributed by atoms with Crippen LogP contribution in [0.1, 0.15) is 0 Å². The lowest BCUT2D eigenvalue weighted by Gasteiger charge is -2.02. The molecule has 0 aliphatic carbocycles. The van der Waals surface area contributed by atoms with Crippen LogP contribution in [0, 0.1) is 0 Å². The van der Waals surface area contributed by atoms with Crippen LogP contribution in [0.5, 0.6) is 0 Å². The lowest BCUT2D eigenvalue weighted by atomic mass is 10.1. The molecule has 3 heteroatoms. The van der Waals surface area contributed by atoms with E-state index in [0.29, 0.717) is 0 Å². The van der Waals surface area contributed by atoms with Crippen LogP contribution in [-0.2, 0) is 0 Å². The summed E-state index contributed by atoms with van der Waals surface area (Å²) in [5.41, 5.74) is 3.05. The molecule has 3 rings (SSSR count). The van der Waals surface area contributed by atoms with Gasteiger partial charge in [0.05, 0.1) is 11.4 Å². The van der Waals surface area contributed by atoms with E-state index in [1.54, 1.807) is 17.5 Å². The lowest BCUT2D eigenvalue weighted by Crippen LogP contribution is -1.86. The zero-order valence-electron chi connectivity index (χ0n) is 9.08. The maximum absolute atomic E-state index is 4.63. The molecule has 17 heavy (non-hydrogen) atoms. The Hall–Kier alpha value is -2.00. The van der Waals surface area contributed by atoms with E-state index in [0.717, 1.165) is 22.0 Å². The van der Waals surface area contributed by atoms with Crippen LogP contribution in [0.15, 0.2) is 60.1 Å². The van der Waals surface area contributed by atoms with Crippen molar-refractivity contribution in [2.24, 2.45) is 0 Å². The highest BCUT2D eigenvalue weighted by Gasteiger charge is 2.04. The van der Waals surface area contributed by atoms with Gasteiger partial charge in [-0.1, -0.05) is 36.4 Å². The van der Waals surface area contributed by atoms with Crippen molar-refractivity contribution < 1.29 is 0 Å². The van der Waals surface area contributed by atoms with Crippen LogP contribution in [0.25, 0.3) is 22.0 Å².